The van der Waals surface area contributed by atoms with E-state index in [9.17, 15) is 13.2 Å². The molecule has 2 rings (SSSR count). The summed E-state index contributed by atoms with van der Waals surface area (Å²) in [6.07, 6.45) is 3.69. The molecule has 2 aliphatic heterocycles. The number of hydrogen-bond donors (Lipinski definition) is 1. The molecule has 0 aromatic rings. The minimum absolute atomic E-state index is 0. The lowest BCUT2D eigenvalue weighted by molar-refractivity contribution is -0.133. The summed E-state index contributed by atoms with van der Waals surface area (Å²) >= 11 is 0. The van der Waals surface area contributed by atoms with Crippen LogP contribution in [0.2, 0.25) is 0 Å². The smallest absolute Gasteiger partial charge is 0.241 e. The van der Waals surface area contributed by atoms with Crippen LogP contribution in [0.5, 0.6) is 0 Å². The van der Waals surface area contributed by atoms with Gasteiger partial charge in [0.15, 0.2) is 0 Å². The first-order valence-corrected chi connectivity index (χ1v) is 9.10. The number of likely N-dealkylation sites (tertiary alicyclic amines) is 1. The van der Waals surface area contributed by atoms with E-state index >= 15 is 0 Å². The Morgan fingerprint density at radius 3 is 2.57 bits per heavy atom. The van der Waals surface area contributed by atoms with E-state index in [4.69, 9.17) is 5.73 Å². The summed E-state index contributed by atoms with van der Waals surface area (Å²) in [5, 5.41) is 0. The van der Waals surface area contributed by atoms with E-state index < -0.39 is 16.1 Å². The maximum absolute atomic E-state index is 12.5. The van der Waals surface area contributed by atoms with Crippen molar-refractivity contribution < 1.29 is 13.2 Å². The van der Waals surface area contributed by atoms with Crippen LogP contribution in [0.25, 0.3) is 0 Å². The molecular formula is C13H26ClN3O3S. The normalized spacial score (nSPS) is 26.9. The summed E-state index contributed by atoms with van der Waals surface area (Å²) in [6.45, 7) is 3.65. The van der Waals surface area contributed by atoms with Crippen molar-refractivity contribution >= 4 is 28.3 Å². The van der Waals surface area contributed by atoms with Crippen molar-refractivity contribution in [2.75, 3.05) is 25.4 Å². The summed E-state index contributed by atoms with van der Waals surface area (Å²) in [4.78, 5) is 14.2. The van der Waals surface area contributed by atoms with E-state index in [1.807, 2.05) is 6.92 Å². The molecule has 0 bridgehead atoms. The summed E-state index contributed by atoms with van der Waals surface area (Å²) < 4.78 is 26.1. The third kappa shape index (κ3) is 4.31. The average molecular weight is 340 g/mol. The third-order valence-electron chi connectivity index (χ3n) is 4.14. The number of rotatable bonds is 5. The molecule has 2 fully saturated rings. The van der Waals surface area contributed by atoms with E-state index in [1.54, 1.807) is 4.90 Å². The summed E-state index contributed by atoms with van der Waals surface area (Å²) in [7, 11) is -3.30. The molecule has 1 unspecified atom stereocenters. The highest BCUT2D eigenvalue weighted by atomic mass is 35.5. The first-order chi connectivity index (χ1) is 9.45. The largest absolute Gasteiger partial charge is 0.340 e. The molecule has 2 aliphatic rings. The van der Waals surface area contributed by atoms with Gasteiger partial charge >= 0.3 is 0 Å². The van der Waals surface area contributed by atoms with Crippen LogP contribution in [-0.2, 0) is 14.8 Å². The van der Waals surface area contributed by atoms with Gasteiger partial charge in [-0.2, -0.15) is 4.31 Å². The Bertz CT molecular complexity index is 458. The predicted molar refractivity (Wildman–Crippen MR) is 84.8 cm³/mol. The fourth-order valence-electron chi connectivity index (χ4n) is 2.96. The van der Waals surface area contributed by atoms with Crippen LogP contribution in [0.3, 0.4) is 0 Å². The van der Waals surface area contributed by atoms with Gasteiger partial charge in [0.1, 0.15) is 6.04 Å². The van der Waals surface area contributed by atoms with Crippen molar-refractivity contribution in [2.24, 2.45) is 5.73 Å². The second-order valence-electron chi connectivity index (χ2n) is 5.77. The van der Waals surface area contributed by atoms with E-state index in [0.29, 0.717) is 32.5 Å². The zero-order valence-corrected chi connectivity index (χ0v) is 14.2. The first kappa shape index (κ1) is 18.7. The second-order valence-corrected chi connectivity index (χ2v) is 7.81. The number of carbonyl (C=O) groups excluding carboxylic acids is 1. The van der Waals surface area contributed by atoms with E-state index in [1.165, 1.54) is 4.31 Å². The van der Waals surface area contributed by atoms with Crippen molar-refractivity contribution in [3.63, 3.8) is 0 Å². The second kappa shape index (κ2) is 7.76. The fraction of sp³-hybridized carbons (Fsp3) is 0.923. The van der Waals surface area contributed by atoms with Gasteiger partial charge < -0.3 is 10.6 Å². The van der Waals surface area contributed by atoms with Crippen molar-refractivity contribution in [1.29, 1.82) is 0 Å². The van der Waals surface area contributed by atoms with Crippen LogP contribution in [0, 0.1) is 0 Å². The van der Waals surface area contributed by atoms with Gasteiger partial charge in [-0.25, -0.2) is 8.42 Å². The number of nitrogens with two attached hydrogens (primary N) is 1. The molecule has 2 atom stereocenters. The summed E-state index contributed by atoms with van der Waals surface area (Å²) in [5.41, 5.74) is 5.82. The van der Waals surface area contributed by atoms with Crippen LogP contribution in [0.15, 0.2) is 0 Å². The molecule has 0 aliphatic carbocycles. The molecule has 2 saturated heterocycles. The Hall–Kier alpha value is -0.370. The fourth-order valence-corrected chi connectivity index (χ4v) is 4.84. The average Bonchev–Trinajstić information content (AvgIpc) is 3.04. The van der Waals surface area contributed by atoms with Gasteiger partial charge in [-0.1, -0.05) is 13.3 Å². The lowest BCUT2D eigenvalue weighted by Crippen LogP contribution is -2.48. The van der Waals surface area contributed by atoms with E-state index in [2.05, 4.69) is 0 Å². The van der Waals surface area contributed by atoms with E-state index in [-0.39, 0.29) is 30.1 Å². The minimum Gasteiger partial charge on any atom is -0.340 e. The Labute approximate surface area is 133 Å². The third-order valence-corrected chi connectivity index (χ3v) is 6.09. The molecule has 0 aromatic carbocycles. The maximum atomic E-state index is 12.5. The van der Waals surface area contributed by atoms with Crippen LogP contribution in [0.4, 0.5) is 0 Å². The molecule has 8 heteroatoms. The number of hydrogen-bond acceptors (Lipinski definition) is 4. The maximum Gasteiger partial charge on any atom is 0.241 e. The Morgan fingerprint density at radius 1 is 1.29 bits per heavy atom. The highest BCUT2D eigenvalue weighted by molar-refractivity contribution is 7.89. The summed E-state index contributed by atoms with van der Waals surface area (Å²) in [5.74, 6) is 0.0859. The van der Waals surface area contributed by atoms with Crippen molar-refractivity contribution in [1.82, 2.24) is 9.21 Å². The van der Waals surface area contributed by atoms with Gasteiger partial charge in [0, 0.05) is 25.7 Å². The molecule has 0 spiro atoms. The van der Waals surface area contributed by atoms with Gasteiger partial charge in [0.05, 0.1) is 5.75 Å². The van der Waals surface area contributed by atoms with Crippen molar-refractivity contribution in [3.8, 4) is 0 Å². The number of sulfonamides is 1. The highest BCUT2D eigenvalue weighted by Crippen LogP contribution is 2.25. The lowest BCUT2D eigenvalue weighted by Gasteiger charge is -2.27. The van der Waals surface area contributed by atoms with Crippen molar-refractivity contribution in [2.45, 2.75) is 51.1 Å². The number of carbonyl (C=O) groups is 1. The topological polar surface area (TPSA) is 83.7 Å². The Morgan fingerprint density at radius 2 is 2.00 bits per heavy atom. The molecule has 2 N–H and O–H groups in total. The zero-order chi connectivity index (χ0) is 14.8. The van der Waals surface area contributed by atoms with Gasteiger partial charge in [0.25, 0.3) is 0 Å². The van der Waals surface area contributed by atoms with Gasteiger partial charge in [-0.15, -0.1) is 12.4 Å². The van der Waals surface area contributed by atoms with E-state index in [0.717, 1.165) is 19.3 Å². The van der Waals surface area contributed by atoms with Crippen LogP contribution in [-0.4, -0.2) is 61.0 Å². The Balaban J connectivity index is 0.00000220. The summed E-state index contributed by atoms with van der Waals surface area (Å²) in [6, 6.07) is -0.465. The molecule has 2 heterocycles. The monoisotopic (exact) mass is 339 g/mol. The molecular weight excluding hydrogens is 314 g/mol. The quantitative estimate of drug-likeness (QED) is 0.793. The Kier molecular flexibility index (Phi) is 6.90. The molecule has 21 heavy (non-hydrogen) atoms. The van der Waals surface area contributed by atoms with Gasteiger partial charge in [0.2, 0.25) is 15.9 Å². The predicted octanol–water partition coefficient (Wildman–Crippen LogP) is 0.562. The minimum atomic E-state index is -3.30. The standard InChI is InChI=1S/C13H25N3O3S.ClH/c1-2-3-9-20(18,19)16-7-4-5-12(16)13(17)15-8-6-11(14)10-15;/h11-12H,2-10,14H2,1H3;1H/t11-,12?;/m1./s1. The number of amides is 1. The molecule has 6 nitrogen and oxygen atoms in total. The first-order valence-electron chi connectivity index (χ1n) is 7.49. The van der Waals surface area contributed by atoms with Crippen LogP contribution >= 0.6 is 12.4 Å². The number of halogens is 1. The highest BCUT2D eigenvalue weighted by Gasteiger charge is 2.41. The van der Waals surface area contributed by atoms with Gasteiger partial charge in [-0.3, -0.25) is 4.79 Å². The van der Waals surface area contributed by atoms with Gasteiger partial charge in [-0.05, 0) is 25.7 Å². The molecule has 0 aromatic heterocycles. The molecule has 1 amide bonds. The molecule has 0 radical (unpaired) electrons. The number of nitrogens with zero attached hydrogens (tertiary/aromatic N) is 2. The number of unbranched alkanes of at least 4 members (excludes halogenated alkanes) is 1. The molecule has 0 saturated carbocycles. The lowest BCUT2D eigenvalue weighted by atomic mass is 10.2. The van der Waals surface area contributed by atoms with Crippen LogP contribution in [0.1, 0.15) is 39.0 Å². The SMILES string of the molecule is CCCCS(=O)(=O)N1CCCC1C(=O)N1CC[C@@H](N)C1.Cl. The van der Waals surface area contributed by atoms with Crippen molar-refractivity contribution in [3.05, 3.63) is 0 Å². The van der Waals surface area contributed by atoms with Crippen LogP contribution < -0.4 is 5.73 Å². The zero-order valence-electron chi connectivity index (χ0n) is 12.5. The molecule has 124 valence electrons.